The molecule has 2 unspecified atom stereocenters. The minimum absolute atomic E-state index is 0. The van der Waals surface area contributed by atoms with Crippen LogP contribution < -0.4 is 10.6 Å². The Morgan fingerprint density at radius 1 is 1.11 bits per heavy atom. The fourth-order valence-electron chi connectivity index (χ4n) is 5.34. The summed E-state index contributed by atoms with van der Waals surface area (Å²) in [6, 6.07) is -0.395. The van der Waals surface area contributed by atoms with Crippen molar-refractivity contribution < 1.29 is 14.4 Å². The zero-order valence-corrected chi connectivity index (χ0v) is 16.9. The van der Waals surface area contributed by atoms with Crippen molar-refractivity contribution in [1.29, 1.82) is 0 Å². The van der Waals surface area contributed by atoms with Crippen LogP contribution in [0.4, 0.5) is 4.79 Å². The van der Waals surface area contributed by atoms with E-state index in [2.05, 4.69) is 10.6 Å². The van der Waals surface area contributed by atoms with Crippen LogP contribution in [0.15, 0.2) is 0 Å². The van der Waals surface area contributed by atoms with Crippen molar-refractivity contribution in [2.45, 2.75) is 51.0 Å². The van der Waals surface area contributed by atoms with Crippen LogP contribution in [-0.4, -0.2) is 65.9 Å². The fraction of sp³-hybridized carbons (Fsp3) is 0.842. The van der Waals surface area contributed by atoms with Crippen LogP contribution in [0.1, 0.15) is 45.4 Å². The molecule has 1 spiro atoms. The zero-order valence-electron chi connectivity index (χ0n) is 16.0. The minimum atomic E-state index is -0.781. The predicted octanol–water partition coefficient (Wildman–Crippen LogP) is 1.37. The highest BCUT2D eigenvalue weighted by Gasteiger charge is 2.55. The molecule has 3 saturated heterocycles. The molecule has 3 heterocycles. The number of likely N-dealkylation sites (tertiary alicyclic amines) is 1. The molecule has 1 aliphatic carbocycles. The molecule has 4 fully saturated rings. The van der Waals surface area contributed by atoms with E-state index < -0.39 is 11.6 Å². The number of fused-ring (bicyclic) bond motifs is 1. The van der Waals surface area contributed by atoms with Gasteiger partial charge in [-0.2, -0.15) is 0 Å². The minimum Gasteiger partial charge on any atom is -0.341 e. The number of nitrogens with one attached hydrogen (secondary N) is 2. The average Bonchev–Trinajstić information content (AvgIpc) is 3.09. The van der Waals surface area contributed by atoms with Crippen LogP contribution in [0, 0.1) is 17.8 Å². The Morgan fingerprint density at radius 3 is 2.41 bits per heavy atom. The first-order chi connectivity index (χ1) is 12.5. The van der Waals surface area contributed by atoms with E-state index in [4.69, 9.17) is 0 Å². The Labute approximate surface area is 167 Å². The summed E-state index contributed by atoms with van der Waals surface area (Å²) < 4.78 is 0. The van der Waals surface area contributed by atoms with Crippen LogP contribution in [-0.2, 0) is 9.59 Å². The van der Waals surface area contributed by atoms with E-state index in [9.17, 15) is 14.4 Å². The van der Waals surface area contributed by atoms with Gasteiger partial charge in [-0.3, -0.25) is 14.5 Å². The summed E-state index contributed by atoms with van der Waals surface area (Å²) in [6.07, 6.45) is 5.67. The predicted molar refractivity (Wildman–Crippen MR) is 104 cm³/mol. The van der Waals surface area contributed by atoms with Gasteiger partial charge in [0, 0.05) is 13.1 Å². The van der Waals surface area contributed by atoms with Crippen molar-refractivity contribution in [1.82, 2.24) is 20.4 Å². The van der Waals surface area contributed by atoms with Gasteiger partial charge in [-0.25, -0.2) is 4.79 Å². The molecule has 152 valence electrons. The van der Waals surface area contributed by atoms with Crippen molar-refractivity contribution in [2.75, 3.05) is 32.7 Å². The number of halogens is 1. The Balaban J connectivity index is 0.00000210. The van der Waals surface area contributed by atoms with E-state index in [1.165, 1.54) is 0 Å². The lowest BCUT2D eigenvalue weighted by atomic mass is 9.73. The summed E-state index contributed by atoms with van der Waals surface area (Å²) in [5, 5.41) is 6.36. The largest absolute Gasteiger partial charge is 0.341 e. The third-order valence-electron chi connectivity index (χ3n) is 7.17. The molecule has 2 N–H and O–H groups in total. The molecular weight excluding hydrogens is 368 g/mol. The number of hydrogen-bond donors (Lipinski definition) is 2. The third kappa shape index (κ3) is 3.56. The number of hydrogen-bond acceptors (Lipinski definition) is 4. The van der Waals surface area contributed by atoms with Gasteiger partial charge in [-0.05, 0) is 56.5 Å². The monoisotopic (exact) mass is 398 g/mol. The molecule has 4 amide bonds. The van der Waals surface area contributed by atoms with Crippen LogP contribution in [0.5, 0.6) is 0 Å². The summed E-state index contributed by atoms with van der Waals surface area (Å²) in [5.41, 5.74) is -0.781. The molecule has 1 saturated carbocycles. The number of carbonyl (C=O) groups is 3. The number of urea groups is 1. The number of amides is 4. The smallest absolute Gasteiger partial charge is 0.325 e. The van der Waals surface area contributed by atoms with E-state index in [1.807, 2.05) is 11.8 Å². The van der Waals surface area contributed by atoms with E-state index in [1.54, 1.807) is 0 Å². The maximum atomic E-state index is 13.0. The van der Waals surface area contributed by atoms with Crippen molar-refractivity contribution in [3.8, 4) is 0 Å². The van der Waals surface area contributed by atoms with E-state index in [0.717, 1.165) is 63.2 Å². The van der Waals surface area contributed by atoms with Crippen LogP contribution in [0.25, 0.3) is 0 Å². The second-order valence-corrected chi connectivity index (χ2v) is 8.58. The highest BCUT2D eigenvalue weighted by molar-refractivity contribution is 6.09. The molecule has 0 bridgehead atoms. The number of imide groups is 1. The second kappa shape index (κ2) is 7.95. The first-order valence-electron chi connectivity index (χ1n) is 10.1. The van der Waals surface area contributed by atoms with E-state index in [-0.39, 0.29) is 36.7 Å². The van der Waals surface area contributed by atoms with Gasteiger partial charge in [0.15, 0.2) is 0 Å². The van der Waals surface area contributed by atoms with Crippen LogP contribution >= 0.6 is 12.4 Å². The molecule has 7 nitrogen and oxygen atoms in total. The van der Waals surface area contributed by atoms with Gasteiger partial charge in [0.2, 0.25) is 5.91 Å². The maximum Gasteiger partial charge on any atom is 0.325 e. The number of nitrogens with zero attached hydrogens (tertiary/aromatic N) is 2. The van der Waals surface area contributed by atoms with Crippen molar-refractivity contribution in [3.05, 3.63) is 0 Å². The van der Waals surface area contributed by atoms with Crippen LogP contribution in [0.2, 0.25) is 0 Å². The fourth-order valence-corrected chi connectivity index (χ4v) is 5.34. The molecule has 3 aliphatic heterocycles. The summed E-state index contributed by atoms with van der Waals surface area (Å²) in [6.45, 7) is 5.46. The average molecular weight is 399 g/mol. The Bertz CT molecular complexity index is 602. The lowest BCUT2D eigenvalue weighted by Crippen LogP contribution is -2.54. The molecule has 8 heteroatoms. The first kappa shape index (κ1) is 20.4. The van der Waals surface area contributed by atoms with E-state index >= 15 is 0 Å². The second-order valence-electron chi connectivity index (χ2n) is 8.58. The third-order valence-corrected chi connectivity index (χ3v) is 7.17. The molecule has 4 aliphatic rings. The summed E-state index contributed by atoms with van der Waals surface area (Å²) >= 11 is 0. The number of rotatable bonds is 2. The van der Waals surface area contributed by atoms with Gasteiger partial charge in [0.1, 0.15) is 12.1 Å². The summed E-state index contributed by atoms with van der Waals surface area (Å²) in [7, 11) is 0. The summed E-state index contributed by atoms with van der Waals surface area (Å²) in [4.78, 5) is 41.3. The SMILES string of the molecule is CC1CCCCC12NC(=O)N(CC(=O)N1CC[C@@H]3CNC[C@@H]3CC1)C2=O.Cl. The van der Waals surface area contributed by atoms with Gasteiger partial charge in [-0.1, -0.05) is 19.8 Å². The topological polar surface area (TPSA) is 81.8 Å². The Kier molecular flexibility index (Phi) is 6.01. The van der Waals surface area contributed by atoms with E-state index in [0.29, 0.717) is 18.3 Å². The molecular formula is C19H31ClN4O3. The zero-order chi connectivity index (χ0) is 18.3. The Hall–Kier alpha value is -1.34. The van der Waals surface area contributed by atoms with Gasteiger partial charge < -0.3 is 15.5 Å². The molecule has 0 aromatic heterocycles. The van der Waals surface area contributed by atoms with Gasteiger partial charge >= 0.3 is 6.03 Å². The molecule has 0 aromatic rings. The maximum absolute atomic E-state index is 13.0. The van der Waals surface area contributed by atoms with Crippen molar-refractivity contribution >= 4 is 30.3 Å². The lowest BCUT2D eigenvalue weighted by molar-refractivity contribution is -0.140. The highest BCUT2D eigenvalue weighted by Crippen LogP contribution is 2.38. The van der Waals surface area contributed by atoms with Crippen molar-refractivity contribution in [2.24, 2.45) is 17.8 Å². The molecule has 4 rings (SSSR count). The summed E-state index contributed by atoms with van der Waals surface area (Å²) in [5.74, 6) is 1.13. The Morgan fingerprint density at radius 2 is 1.78 bits per heavy atom. The van der Waals surface area contributed by atoms with Gasteiger partial charge in [-0.15, -0.1) is 12.4 Å². The normalized spacial score (nSPS) is 36.3. The number of carbonyl (C=O) groups excluding carboxylic acids is 3. The molecule has 27 heavy (non-hydrogen) atoms. The highest BCUT2D eigenvalue weighted by atomic mass is 35.5. The quantitative estimate of drug-likeness (QED) is 0.688. The molecule has 0 radical (unpaired) electrons. The van der Waals surface area contributed by atoms with Crippen LogP contribution in [0.3, 0.4) is 0 Å². The first-order valence-corrected chi connectivity index (χ1v) is 10.1. The lowest BCUT2D eigenvalue weighted by Gasteiger charge is -2.36. The molecule has 0 aromatic carbocycles. The van der Waals surface area contributed by atoms with Crippen molar-refractivity contribution in [3.63, 3.8) is 0 Å². The van der Waals surface area contributed by atoms with Gasteiger partial charge in [0.25, 0.3) is 5.91 Å². The standard InChI is InChI=1S/C19H30N4O3.ClH/c1-13-4-2-3-7-19(13)17(25)23(18(26)21-19)12-16(24)22-8-5-14-10-20-11-15(14)6-9-22;/h13-15,20H,2-12H2,1H3,(H,21,26);1H/t13?,14-,15+,19?;. The molecule has 4 atom stereocenters. The van der Waals surface area contributed by atoms with Gasteiger partial charge in [0.05, 0.1) is 0 Å².